The van der Waals surface area contributed by atoms with Crippen LogP contribution in [0.1, 0.15) is 19.8 Å². The molecule has 0 amide bonds. The van der Waals surface area contributed by atoms with Gasteiger partial charge in [0.05, 0.1) is 0 Å². The summed E-state index contributed by atoms with van der Waals surface area (Å²) < 4.78 is 10.6. The molecule has 0 aromatic heterocycles. The fraction of sp³-hybridized carbons (Fsp3) is 1.00. The van der Waals surface area contributed by atoms with Crippen LogP contribution in [0.3, 0.4) is 0 Å². The standard InChI is InChI=1S/C12H28N2O2Si/c1-4-13-8-10-14(11-9-13)7-5-6-12-17(15-2)16-3/h17H,4-12H2,1-3H3. The second-order valence-corrected chi connectivity index (χ2v) is 7.05. The number of likely N-dealkylation sites (N-methyl/N-ethyl adjacent to an activating group) is 1. The van der Waals surface area contributed by atoms with Gasteiger partial charge < -0.3 is 18.7 Å². The number of piperazine rings is 1. The van der Waals surface area contributed by atoms with Crippen molar-refractivity contribution < 1.29 is 8.85 Å². The molecule has 0 aromatic carbocycles. The Hall–Kier alpha value is 0.0569. The Bertz CT molecular complexity index is 183. The average molecular weight is 260 g/mol. The maximum atomic E-state index is 5.32. The number of nitrogens with zero attached hydrogens (tertiary/aromatic N) is 2. The maximum absolute atomic E-state index is 5.32. The molecule has 5 heteroatoms. The van der Waals surface area contributed by atoms with Crippen molar-refractivity contribution in [2.24, 2.45) is 0 Å². The van der Waals surface area contributed by atoms with Crippen molar-refractivity contribution in [3.8, 4) is 0 Å². The highest BCUT2D eigenvalue weighted by atomic mass is 28.3. The third-order valence-corrected chi connectivity index (χ3v) is 5.53. The van der Waals surface area contributed by atoms with Crippen molar-refractivity contribution in [2.45, 2.75) is 25.8 Å². The third-order valence-electron chi connectivity index (χ3n) is 3.60. The van der Waals surface area contributed by atoms with Gasteiger partial charge in [-0.2, -0.15) is 0 Å². The summed E-state index contributed by atoms with van der Waals surface area (Å²) in [4.78, 5) is 5.11. The molecule has 0 N–H and O–H groups in total. The molecule has 4 nitrogen and oxygen atoms in total. The molecule has 0 unspecified atom stereocenters. The van der Waals surface area contributed by atoms with Crippen LogP contribution in [-0.2, 0) is 8.85 Å². The molecule has 0 bridgehead atoms. The summed E-state index contributed by atoms with van der Waals surface area (Å²) >= 11 is 0. The minimum atomic E-state index is -1.31. The van der Waals surface area contributed by atoms with Gasteiger partial charge in [-0.15, -0.1) is 0 Å². The van der Waals surface area contributed by atoms with E-state index in [1.165, 1.54) is 52.1 Å². The lowest BCUT2D eigenvalue weighted by atomic mass is 10.2. The SMILES string of the molecule is CCN1CCN(CCCC[SiH](OC)OC)CC1. The molecule has 0 radical (unpaired) electrons. The van der Waals surface area contributed by atoms with Crippen LogP contribution in [0, 0.1) is 0 Å². The zero-order chi connectivity index (χ0) is 12.5. The van der Waals surface area contributed by atoms with E-state index in [0.29, 0.717) is 0 Å². The van der Waals surface area contributed by atoms with Crippen LogP contribution in [0.15, 0.2) is 0 Å². The van der Waals surface area contributed by atoms with Gasteiger partial charge >= 0.3 is 9.28 Å². The van der Waals surface area contributed by atoms with Crippen LogP contribution in [-0.4, -0.2) is 72.6 Å². The number of hydrogen-bond donors (Lipinski definition) is 0. The Labute approximate surface area is 108 Å². The second kappa shape index (κ2) is 9.05. The third kappa shape index (κ3) is 5.97. The summed E-state index contributed by atoms with van der Waals surface area (Å²) in [6.45, 7) is 9.64. The van der Waals surface area contributed by atoms with E-state index >= 15 is 0 Å². The van der Waals surface area contributed by atoms with Gasteiger partial charge in [-0.05, 0) is 25.6 Å². The molecule has 102 valence electrons. The van der Waals surface area contributed by atoms with E-state index in [4.69, 9.17) is 8.85 Å². The van der Waals surface area contributed by atoms with Gasteiger partial charge in [0.15, 0.2) is 0 Å². The fourth-order valence-electron chi connectivity index (χ4n) is 2.31. The Morgan fingerprint density at radius 2 is 1.53 bits per heavy atom. The Balaban J connectivity index is 2.00. The van der Waals surface area contributed by atoms with Crippen LogP contribution < -0.4 is 0 Å². The minimum Gasteiger partial charge on any atom is -0.400 e. The first kappa shape index (κ1) is 15.1. The summed E-state index contributed by atoms with van der Waals surface area (Å²) in [5, 5.41) is 0. The highest BCUT2D eigenvalue weighted by molar-refractivity contribution is 6.44. The normalized spacial score (nSPS) is 19.1. The van der Waals surface area contributed by atoms with Crippen LogP contribution >= 0.6 is 0 Å². The number of hydrogen-bond acceptors (Lipinski definition) is 4. The molecule has 1 rings (SSSR count). The van der Waals surface area contributed by atoms with E-state index in [1.807, 2.05) is 0 Å². The minimum absolute atomic E-state index is 1.14. The van der Waals surface area contributed by atoms with E-state index in [1.54, 1.807) is 14.2 Å². The molecule has 0 saturated carbocycles. The Kier molecular flexibility index (Phi) is 8.05. The molecule has 1 saturated heterocycles. The predicted molar refractivity (Wildman–Crippen MR) is 73.8 cm³/mol. The van der Waals surface area contributed by atoms with Gasteiger partial charge in [-0.3, -0.25) is 0 Å². The molecule has 0 aromatic rings. The van der Waals surface area contributed by atoms with Crippen molar-refractivity contribution in [2.75, 3.05) is 53.5 Å². The average Bonchev–Trinajstić information content (AvgIpc) is 2.40. The molecule has 0 atom stereocenters. The first-order valence-corrected chi connectivity index (χ1v) is 8.56. The van der Waals surface area contributed by atoms with Crippen molar-refractivity contribution >= 4 is 9.28 Å². The van der Waals surface area contributed by atoms with Gasteiger partial charge in [0.2, 0.25) is 0 Å². The molecular weight excluding hydrogens is 232 g/mol. The maximum Gasteiger partial charge on any atom is 0.320 e. The first-order chi connectivity index (χ1) is 8.30. The summed E-state index contributed by atoms with van der Waals surface area (Å²) in [6.07, 6.45) is 2.52. The summed E-state index contributed by atoms with van der Waals surface area (Å²) in [7, 11) is 2.23. The lowest BCUT2D eigenvalue weighted by molar-refractivity contribution is 0.136. The molecule has 1 aliphatic heterocycles. The van der Waals surface area contributed by atoms with Crippen molar-refractivity contribution in [1.29, 1.82) is 0 Å². The number of rotatable bonds is 8. The van der Waals surface area contributed by atoms with Crippen molar-refractivity contribution in [1.82, 2.24) is 9.80 Å². The van der Waals surface area contributed by atoms with Gasteiger partial charge in [0.1, 0.15) is 0 Å². The molecule has 0 spiro atoms. The lowest BCUT2D eigenvalue weighted by Gasteiger charge is -2.34. The van der Waals surface area contributed by atoms with Gasteiger partial charge in [-0.25, -0.2) is 0 Å². The van der Waals surface area contributed by atoms with Crippen LogP contribution in [0.4, 0.5) is 0 Å². The summed E-state index contributed by atoms with van der Waals surface area (Å²) in [5.74, 6) is 0. The van der Waals surface area contributed by atoms with Crippen LogP contribution in [0.25, 0.3) is 0 Å². The smallest absolute Gasteiger partial charge is 0.320 e. The topological polar surface area (TPSA) is 24.9 Å². The largest absolute Gasteiger partial charge is 0.400 e. The predicted octanol–water partition coefficient (Wildman–Crippen LogP) is 0.917. The molecule has 1 heterocycles. The molecule has 0 aliphatic carbocycles. The zero-order valence-electron chi connectivity index (χ0n) is 11.7. The van der Waals surface area contributed by atoms with Gasteiger partial charge in [-0.1, -0.05) is 13.3 Å². The molecule has 1 aliphatic rings. The Morgan fingerprint density at radius 1 is 0.941 bits per heavy atom. The summed E-state index contributed by atoms with van der Waals surface area (Å²) in [6, 6.07) is 1.14. The number of unbranched alkanes of at least 4 members (excludes halogenated alkanes) is 1. The van der Waals surface area contributed by atoms with Crippen molar-refractivity contribution in [3.05, 3.63) is 0 Å². The molecular formula is C12H28N2O2Si. The van der Waals surface area contributed by atoms with Gasteiger partial charge in [0.25, 0.3) is 0 Å². The van der Waals surface area contributed by atoms with Crippen molar-refractivity contribution in [3.63, 3.8) is 0 Å². The molecule has 17 heavy (non-hydrogen) atoms. The Morgan fingerprint density at radius 3 is 2.06 bits per heavy atom. The second-order valence-electron chi connectivity index (χ2n) is 4.67. The highest BCUT2D eigenvalue weighted by Crippen LogP contribution is 2.06. The lowest BCUT2D eigenvalue weighted by Crippen LogP contribution is -2.46. The van der Waals surface area contributed by atoms with E-state index in [-0.39, 0.29) is 0 Å². The van der Waals surface area contributed by atoms with E-state index < -0.39 is 9.28 Å². The fourth-order valence-corrected chi connectivity index (χ4v) is 3.59. The molecule has 1 fully saturated rings. The zero-order valence-corrected chi connectivity index (χ0v) is 12.8. The van der Waals surface area contributed by atoms with Crippen LogP contribution in [0.5, 0.6) is 0 Å². The quantitative estimate of drug-likeness (QED) is 0.478. The van der Waals surface area contributed by atoms with E-state index in [9.17, 15) is 0 Å². The van der Waals surface area contributed by atoms with Gasteiger partial charge in [0, 0.05) is 40.4 Å². The first-order valence-electron chi connectivity index (χ1n) is 6.80. The van der Waals surface area contributed by atoms with E-state index in [0.717, 1.165) is 6.04 Å². The van der Waals surface area contributed by atoms with Crippen LogP contribution in [0.2, 0.25) is 6.04 Å². The monoisotopic (exact) mass is 260 g/mol. The van der Waals surface area contributed by atoms with E-state index in [2.05, 4.69) is 16.7 Å². The highest BCUT2D eigenvalue weighted by Gasteiger charge is 2.15. The summed E-state index contributed by atoms with van der Waals surface area (Å²) in [5.41, 5.74) is 0.